The molecule has 4 nitrogen and oxygen atoms in total. The zero-order valence-electron chi connectivity index (χ0n) is 15.4. The topological polar surface area (TPSA) is 42.3 Å². The Hall–Kier alpha value is -3.09. The first-order valence-electron chi connectivity index (χ1n) is 8.83. The van der Waals surface area contributed by atoms with Crippen LogP contribution in [0.15, 0.2) is 60.8 Å². The molecule has 0 fully saturated rings. The van der Waals surface area contributed by atoms with Crippen LogP contribution in [0.5, 0.6) is 0 Å². The third-order valence-electron chi connectivity index (χ3n) is 4.67. The van der Waals surface area contributed by atoms with Crippen molar-refractivity contribution in [2.45, 2.75) is 26.1 Å². The standard InChI is InChI=1S/C21H19F3N2O2/c1-3-25(15-9-5-4-6-10-15)20(28)14(2)26-13-17(19(27)21(22,23)24)16-11-7-8-12-18(16)26/h4-14H,3H2,1-2H3/t14-/m1/s1. The lowest BCUT2D eigenvalue weighted by Crippen LogP contribution is -2.36. The molecule has 3 aromatic rings. The highest BCUT2D eigenvalue weighted by atomic mass is 19.4. The molecule has 3 rings (SSSR count). The molecule has 28 heavy (non-hydrogen) atoms. The molecule has 1 heterocycles. The number of Topliss-reactive ketones (excluding diaryl/α,β-unsaturated/α-hetero) is 1. The number of carbonyl (C=O) groups is 2. The summed E-state index contributed by atoms with van der Waals surface area (Å²) in [7, 11) is 0. The van der Waals surface area contributed by atoms with Gasteiger partial charge in [-0.3, -0.25) is 9.59 Å². The Balaban J connectivity index is 2.06. The second-order valence-corrected chi connectivity index (χ2v) is 6.39. The molecule has 0 spiro atoms. The second kappa shape index (κ2) is 7.50. The molecular formula is C21H19F3N2O2. The molecule has 7 heteroatoms. The fourth-order valence-electron chi connectivity index (χ4n) is 3.28. The van der Waals surface area contributed by atoms with E-state index in [9.17, 15) is 22.8 Å². The van der Waals surface area contributed by atoms with Gasteiger partial charge in [-0.15, -0.1) is 0 Å². The average Bonchev–Trinajstić information content (AvgIpc) is 3.07. The van der Waals surface area contributed by atoms with E-state index < -0.39 is 23.6 Å². The van der Waals surface area contributed by atoms with Crippen molar-refractivity contribution >= 4 is 28.3 Å². The number of carbonyl (C=O) groups excluding carboxylic acids is 2. The Morgan fingerprint density at radius 3 is 2.25 bits per heavy atom. The van der Waals surface area contributed by atoms with Crippen molar-refractivity contribution < 1.29 is 22.8 Å². The number of rotatable bonds is 5. The lowest BCUT2D eigenvalue weighted by Gasteiger charge is -2.25. The van der Waals surface area contributed by atoms with Crippen molar-refractivity contribution in [3.8, 4) is 0 Å². The number of hydrogen-bond donors (Lipinski definition) is 0. The second-order valence-electron chi connectivity index (χ2n) is 6.39. The molecule has 0 aliphatic rings. The summed E-state index contributed by atoms with van der Waals surface area (Å²) in [5, 5.41) is 0.173. The van der Waals surface area contributed by atoms with E-state index in [4.69, 9.17) is 0 Å². The number of hydrogen-bond acceptors (Lipinski definition) is 2. The van der Waals surface area contributed by atoms with Crippen LogP contribution in [-0.4, -0.2) is 29.0 Å². The van der Waals surface area contributed by atoms with Crippen molar-refractivity contribution in [2.24, 2.45) is 0 Å². The Bertz CT molecular complexity index is 1010. The third kappa shape index (κ3) is 3.52. The van der Waals surface area contributed by atoms with Gasteiger partial charge in [0.05, 0.1) is 5.56 Å². The maximum atomic E-state index is 13.1. The first-order chi connectivity index (χ1) is 13.3. The number of halogens is 3. The smallest absolute Gasteiger partial charge is 0.334 e. The zero-order valence-corrected chi connectivity index (χ0v) is 15.4. The Kier molecular flexibility index (Phi) is 5.27. The van der Waals surface area contributed by atoms with Gasteiger partial charge in [0.15, 0.2) is 0 Å². The number of alkyl halides is 3. The lowest BCUT2D eigenvalue weighted by atomic mass is 10.1. The number of para-hydroxylation sites is 2. The third-order valence-corrected chi connectivity index (χ3v) is 4.67. The summed E-state index contributed by atoms with van der Waals surface area (Å²) in [5.41, 5.74) is 0.649. The van der Waals surface area contributed by atoms with E-state index in [1.807, 2.05) is 13.0 Å². The largest absolute Gasteiger partial charge is 0.454 e. The van der Waals surface area contributed by atoms with Crippen LogP contribution in [0.3, 0.4) is 0 Å². The fourth-order valence-corrected chi connectivity index (χ4v) is 3.28. The van der Waals surface area contributed by atoms with E-state index in [0.29, 0.717) is 17.7 Å². The highest BCUT2D eigenvalue weighted by molar-refractivity contribution is 6.11. The van der Waals surface area contributed by atoms with Crippen LogP contribution in [0, 0.1) is 0 Å². The van der Waals surface area contributed by atoms with Gasteiger partial charge in [-0.2, -0.15) is 13.2 Å². The number of benzene rings is 2. The van der Waals surface area contributed by atoms with E-state index in [0.717, 1.165) is 6.20 Å². The van der Waals surface area contributed by atoms with Crippen LogP contribution < -0.4 is 4.90 Å². The van der Waals surface area contributed by atoms with Gasteiger partial charge in [0, 0.05) is 29.3 Å². The molecule has 1 aromatic heterocycles. The Labute approximate surface area is 160 Å². The van der Waals surface area contributed by atoms with Crippen LogP contribution in [0.4, 0.5) is 18.9 Å². The van der Waals surface area contributed by atoms with Crippen LogP contribution in [0.1, 0.15) is 30.2 Å². The average molecular weight is 388 g/mol. The van der Waals surface area contributed by atoms with Crippen LogP contribution >= 0.6 is 0 Å². The normalized spacial score (nSPS) is 12.8. The van der Waals surface area contributed by atoms with Gasteiger partial charge in [0.1, 0.15) is 6.04 Å². The van der Waals surface area contributed by atoms with E-state index in [1.165, 1.54) is 10.6 Å². The van der Waals surface area contributed by atoms with Crippen molar-refractivity contribution in [1.82, 2.24) is 4.57 Å². The number of nitrogens with zero attached hydrogens (tertiary/aromatic N) is 2. The molecular weight excluding hydrogens is 369 g/mol. The SMILES string of the molecule is CCN(C(=O)[C@@H](C)n1cc(C(=O)C(F)(F)F)c2ccccc21)c1ccccc1. The Morgan fingerprint density at radius 1 is 1.04 bits per heavy atom. The lowest BCUT2D eigenvalue weighted by molar-refractivity contribution is -0.121. The number of anilines is 1. The molecule has 146 valence electrons. The number of likely N-dealkylation sites (N-methyl/N-ethyl adjacent to an activating group) is 1. The predicted molar refractivity (Wildman–Crippen MR) is 102 cm³/mol. The van der Waals surface area contributed by atoms with E-state index in [2.05, 4.69) is 0 Å². The molecule has 1 atom stereocenters. The highest BCUT2D eigenvalue weighted by Gasteiger charge is 2.41. The number of fused-ring (bicyclic) bond motifs is 1. The maximum absolute atomic E-state index is 13.1. The van der Waals surface area contributed by atoms with E-state index in [1.54, 1.807) is 54.3 Å². The van der Waals surface area contributed by atoms with Gasteiger partial charge in [0.2, 0.25) is 5.91 Å². The molecule has 0 unspecified atom stereocenters. The zero-order chi connectivity index (χ0) is 20.5. The van der Waals surface area contributed by atoms with Gasteiger partial charge < -0.3 is 9.47 Å². The molecule has 0 N–H and O–H groups in total. The van der Waals surface area contributed by atoms with Gasteiger partial charge in [0.25, 0.3) is 5.78 Å². The molecule has 1 amide bonds. The van der Waals surface area contributed by atoms with Crippen LogP contribution in [-0.2, 0) is 4.79 Å². The summed E-state index contributed by atoms with van der Waals surface area (Å²) in [6.07, 6.45) is -3.86. The molecule has 2 aromatic carbocycles. The first-order valence-corrected chi connectivity index (χ1v) is 8.83. The minimum Gasteiger partial charge on any atom is -0.334 e. The van der Waals surface area contributed by atoms with Gasteiger partial charge in [-0.25, -0.2) is 0 Å². The summed E-state index contributed by atoms with van der Waals surface area (Å²) >= 11 is 0. The van der Waals surface area contributed by atoms with E-state index >= 15 is 0 Å². The van der Waals surface area contributed by atoms with Crippen molar-refractivity contribution in [2.75, 3.05) is 11.4 Å². The van der Waals surface area contributed by atoms with Crippen molar-refractivity contribution in [1.29, 1.82) is 0 Å². The molecule has 0 aliphatic heterocycles. The van der Waals surface area contributed by atoms with Gasteiger partial charge >= 0.3 is 6.18 Å². The predicted octanol–water partition coefficient (Wildman–Crippen LogP) is 5.00. The maximum Gasteiger partial charge on any atom is 0.454 e. The summed E-state index contributed by atoms with van der Waals surface area (Å²) in [6.45, 7) is 3.84. The van der Waals surface area contributed by atoms with Crippen molar-refractivity contribution in [3.63, 3.8) is 0 Å². The van der Waals surface area contributed by atoms with Crippen LogP contribution in [0.2, 0.25) is 0 Å². The quantitative estimate of drug-likeness (QED) is 0.577. The Morgan fingerprint density at radius 2 is 1.64 bits per heavy atom. The number of aromatic nitrogens is 1. The fraction of sp³-hybridized carbons (Fsp3) is 0.238. The summed E-state index contributed by atoms with van der Waals surface area (Å²) in [4.78, 5) is 26.5. The molecule has 0 saturated carbocycles. The minimum atomic E-state index is -4.98. The molecule has 0 bridgehead atoms. The summed E-state index contributed by atoms with van der Waals surface area (Å²) in [6, 6.07) is 14.5. The van der Waals surface area contributed by atoms with Gasteiger partial charge in [-0.05, 0) is 32.0 Å². The summed E-state index contributed by atoms with van der Waals surface area (Å²) in [5.74, 6) is -2.20. The number of ketones is 1. The summed E-state index contributed by atoms with van der Waals surface area (Å²) < 4.78 is 40.4. The number of amides is 1. The molecule has 0 aliphatic carbocycles. The monoisotopic (exact) mass is 388 g/mol. The molecule has 0 radical (unpaired) electrons. The molecule has 0 saturated heterocycles. The van der Waals surface area contributed by atoms with Crippen molar-refractivity contribution in [3.05, 3.63) is 66.4 Å². The first kappa shape index (κ1) is 19.7. The minimum absolute atomic E-state index is 0.173. The van der Waals surface area contributed by atoms with E-state index in [-0.39, 0.29) is 11.3 Å². The highest BCUT2D eigenvalue weighted by Crippen LogP contribution is 2.31. The van der Waals surface area contributed by atoms with Crippen LogP contribution in [0.25, 0.3) is 10.9 Å². The van der Waals surface area contributed by atoms with Gasteiger partial charge in [-0.1, -0.05) is 36.4 Å².